The molecule has 2 aromatic rings. The van der Waals surface area contributed by atoms with Crippen molar-refractivity contribution in [2.45, 2.75) is 0 Å². The van der Waals surface area contributed by atoms with Gasteiger partial charge in [-0.05, 0) is 11.4 Å². The predicted octanol–water partition coefficient (Wildman–Crippen LogP) is 1.09. The van der Waals surface area contributed by atoms with Crippen LogP contribution in [0.1, 0.15) is 20.2 Å². The molecule has 0 aliphatic rings. The van der Waals surface area contributed by atoms with Gasteiger partial charge in [0.2, 0.25) is 0 Å². The first-order chi connectivity index (χ1) is 8.63. The SMILES string of the molecule is COC(=O)c1sccc1NC(=O)c1[nH]ncc1N. The number of anilines is 2. The lowest BCUT2D eigenvalue weighted by Gasteiger charge is -2.04. The highest BCUT2D eigenvalue weighted by atomic mass is 32.1. The Labute approximate surface area is 106 Å². The Hall–Kier alpha value is -2.35. The van der Waals surface area contributed by atoms with Crippen molar-refractivity contribution < 1.29 is 14.3 Å². The molecule has 0 radical (unpaired) electrons. The van der Waals surface area contributed by atoms with Crippen molar-refractivity contribution >= 4 is 34.6 Å². The van der Waals surface area contributed by atoms with Crippen LogP contribution in [0.5, 0.6) is 0 Å². The van der Waals surface area contributed by atoms with Gasteiger partial charge in [-0.2, -0.15) is 5.10 Å². The van der Waals surface area contributed by atoms with E-state index >= 15 is 0 Å². The Morgan fingerprint density at radius 1 is 1.56 bits per heavy atom. The molecule has 0 spiro atoms. The Balaban J connectivity index is 2.20. The van der Waals surface area contributed by atoms with Gasteiger partial charge in [0.1, 0.15) is 10.6 Å². The van der Waals surface area contributed by atoms with Crippen LogP contribution in [0, 0.1) is 0 Å². The molecule has 0 fully saturated rings. The number of nitrogens with zero attached hydrogens (tertiary/aromatic N) is 1. The van der Waals surface area contributed by atoms with E-state index in [1.807, 2.05) is 0 Å². The van der Waals surface area contributed by atoms with E-state index in [-0.39, 0.29) is 11.4 Å². The number of aromatic amines is 1. The van der Waals surface area contributed by atoms with Crippen LogP contribution in [0.2, 0.25) is 0 Å². The molecule has 1 amide bonds. The summed E-state index contributed by atoms with van der Waals surface area (Å²) in [5, 5.41) is 10.4. The van der Waals surface area contributed by atoms with Crippen molar-refractivity contribution in [3.05, 3.63) is 28.2 Å². The number of H-pyrrole nitrogens is 1. The van der Waals surface area contributed by atoms with Crippen LogP contribution in [-0.2, 0) is 4.74 Å². The summed E-state index contributed by atoms with van der Waals surface area (Å²) in [5.41, 5.74) is 6.32. The second-order valence-electron chi connectivity index (χ2n) is 3.31. The molecular weight excluding hydrogens is 256 g/mol. The summed E-state index contributed by atoms with van der Waals surface area (Å²) in [4.78, 5) is 23.6. The third-order valence-electron chi connectivity index (χ3n) is 2.18. The molecule has 94 valence electrons. The molecule has 0 aromatic carbocycles. The first kappa shape index (κ1) is 12.1. The molecule has 0 saturated carbocycles. The summed E-state index contributed by atoms with van der Waals surface area (Å²) in [6, 6.07) is 1.61. The normalized spacial score (nSPS) is 10.1. The molecular formula is C10H10N4O3S. The minimum Gasteiger partial charge on any atom is -0.465 e. The minimum absolute atomic E-state index is 0.150. The number of thiophene rings is 1. The number of hydrogen-bond acceptors (Lipinski definition) is 6. The number of carbonyl (C=O) groups is 2. The molecule has 0 saturated heterocycles. The van der Waals surface area contributed by atoms with E-state index in [0.29, 0.717) is 10.6 Å². The third kappa shape index (κ3) is 2.18. The number of carbonyl (C=O) groups excluding carboxylic acids is 2. The molecule has 2 heterocycles. The fourth-order valence-electron chi connectivity index (χ4n) is 1.32. The minimum atomic E-state index is -0.502. The first-order valence-electron chi connectivity index (χ1n) is 4.89. The average molecular weight is 266 g/mol. The van der Waals surface area contributed by atoms with Gasteiger partial charge in [-0.1, -0.05) is 0 Å². The van der Waals surface area contributed by atoms with E-state index < -0.39 is 11.9 Å². The summed E-state index contributed by atoms with van der Waals surface area (Å²) in [6.07, 6.45) is 1.34. The molecule has 8 heteroatoms. The van der Waals surface area contributed by atoms with Gasteiger partial charge in [0.05, 0.1) is 24.7 Å². The number of rotatable bonds is 3. The quantitative estimate of drug-likeness (QED) is 0.720. The fraction of sp³-hybridized carbons (Fsp3) is 0.100. The maximum Gasteiger partial charge on any atom is 0.350 e. The summed E-state index contributed by atoms with van der Waals surface area (Å²) in [7, 11) is 1.28. The number of nitrogen functional groups attached to an aromatic ring is 1. The van der Waals surface area contributed by atoms with Crippen LogP contribution in [0.25, 0.3) is 0 Å². The lowest BCUT2D eigenvalue weighted by atomic mass is 10.3. The highest BCUT2D eigenvalue weighted by molar-refractivity contribution is 7.12. The van der Waals surface area contributed by atoms with Gasteiger partial charge >= 0.3 is 5.97 Å². The number of nitrogens with one attached hydrogen (secondary N) is 2. The van der Waals surface area contributed by atoms with Crippen LogP contribution in [0.3, 0.4) is 0 Å². The molecule has 4 N–H and O–H groups in total. The van der Waals surface area contributed by atoms with Crippen LogP contribution >= 0.6 is 11.3 Å². The number of amides is 1. The highest BCUT2D eigenvalue weighted by Crippen LogP contribution is 2.24. The number of nitrogens with two attached hydrogens (primary N) is 1. The molecule has 0 aliphatic carbocycles. The molecule has 0 atom stereocenters. The van der Waals surface area contributed by atoms with Crippen molar-refractivity contribution in [1.29, 1.82) is 0 Å². The molecule has 0 unspecified atom stereocenters. The molecule has 2 rings (SSSR count). The highest BCUT2D eigenvalue weighted by Gasteiger charge is 2.18. The molecule has 2 aromatic heterocycles. The van der Waals surface area contributed by atoms with Gasteiger partial charge in [0.15, 0.2) is 0 Å². The van der Waals surface area contributed by atoms with Gasteiger partial charge in [-0.15, -0.1) is 11.3 Å². The summed E-state index contributed by atoms with van der Waals surface area (Å²) in [5.74, 6) is -0.966. The second kappa shape index (κ2) is 4.88. The second-order valence-corrected chi connectivity index (χ2v) is 4.23. The van der Waals surface area contributed by atoms with Crippen LogP contribution in [0.15, 0.2) is 17.6 Å². The summed E-state index contributed by atoms with van der Waals surface area (Å²) in [6.45, 7) is 0. The number of aromatic nitrogens is 2. The topological polar surface area (TPSA) is 110 Å². The van der Waals surface area contributed by atoms with E-state index in [0.717, 1.165) is 0 Å². The van der Waals surface area contributed by atoms with Gasteiger partial charge in [-0.25, -0.2) is 4.79 Å². The first-order valence-corrected chi connectivity index (χ1v) is 5.77. The molecule has 18 heavy (non-hydrogen) atoms. The maximum atomic E-state index is 11.8. The maximum absolute atomic E-state index is 11.8. The van der Waals surface area contributed by atoms with Crippen molar-refractivity contribution in [3.8, 4) is 0 Å². The van der Waals surface area contributed by atoms with Crippen LogP contribution in [0.4, 0.5) is 11.4 Å². The molecule has 0 aliphatic heterocycles. The number of ether oxygens (including phenoxy) is 1. The fourth-order valence-corrected chi connectivity index (χ4v) is 2.09. The average Bonchev–Trinajstić information content (AvgIpc) is 2.97. The Morgan fingerprint density at radius 2 is 2.33 bits per heavy atom. The van der Waals surface area contributed by atoms with E-state index in [1.165, 1.54) is 24.6 Å². The van der Waals surface area contributed by atoms with Crippen molar-refractivity contribution in [3.63, 3.8) is 0 Å². The van der Waals surface area contributed by atoms with E-state index in [2.05, 4.69) is 20.3 Å². The van der Waals surface area contributed by atoms with Crippen LogP contribution in [-0.4, -0.2) is 29.2 Å². The number of methoxy groups -OCH3 is 1. The lowest BCUT2D eigenvalue weighted by Crippen LogP contribution is -2.15. The monoisotopic (exact) mass is 266 g/mol. The zero-order valence-electron chi connectivity index (χ0n) is 9.39. The predicted molar refractivity (Wildman–Crippen MR) is 66.6 cm³/mol. The van der Waals surface area contributed by atoms with Gasteiger partial charge in [0.25, 0.3) is 5.91 Å². The third-order valence-corrected chi connectivity index (χ3v) is 3.07. The van der Waals surface area contributed by atoms with Crippen molar-refractivity contribution in [1.82, 2.24) is 10.2 Å². The van der Waals surface area contributed by atoms with Crippen LogP contribution < -0.4 is 11.1 Å². The zero-order chi connectivity index (χ0) is 13.1. The van der Waals surface area contributed by atoms with E-state index in [9.17, 15) is 9.59 Å². The summed E-state index contributed by atoms with van der Waals surface area (Å²) >= 11 is 1.18. The Morgan fingerprint density at radius 3 is 2.94 bits per heavy atom. The number of esters is 1. The molecule has 7 nitrogen and oxygen atoms in total. The summed E-state index contributed by atoms with van der Waals surface area (Å²) < 4.78 is 4.61. The van der Waals surface area contributed by atoms with Gasteiger partial charge in [0, 0.05) is 0 Å². The van der Waals surface area contributed by atoms with Crippen molar-refractivity contribution in [2.24, 2.45) is 0 Å². The largest absolute Gasteiger partial charge is 0.465 e. The van der Waals surface area contributed by atoms with E-state index in [4.69, 9.17) is 5.73 Å². The smallest absolute Gasteiger partial charge is 0.350 e. The number of hydrogen-bond donors (Lipinski definition) is 3. The van der Waals surface area contributed by atoms with E-state index in [1.54, 1.807) is 11.4 Å². The van der Waals surface area contributed by atoms with Crippen molar-refractivity contribution in [2.75, 3.05) is 18.2 Å². The zero-order valence-corrected chi connectivity index (χ0v) is 10.2. The standard InChI is InChI=1S/C10H10N4O3S/c1-17-10(16)8-6(2-3-18-8)13-9(15)7-5(11)4-12-14-7/h2-4H,11H2,1H3,(H,12,14)(H,13,15). The Kier molecular flexibility index (Phi) is 3.28. The molecule has 0 bridgehead atoms. The van der Waals surface area contributed by atoms with Gasteiger partial charge < -0.3 is 15.8 Å². The lowest BCUT2D eigenvalue weighted by molar-refractivity contribution is 0.0607. The Bertz CT molecular complexity index is 589. The van der Waals surface area contributed by atoms with Gasteiger partial charge in [-0.3, -0.25) is 9.89 Å².